The number of likely N-dealkylation sites (tertiary alicyclic amines) is 1. The van der Waals surface area contributed by atoms with Gasteiger partial charge in [-0.1, -0.05) is 32.1 Å². The van der Waals surface area contributed by atoms with Crippen molar-refractivity contribution in [3.63, 3.8) is 0 Å². The quantitative estimate of drug-likeness (QED) is 0.619. The molecule has 5 nitrogen and oxygen atoms in total. The highest BCUT2D eigenvalue weighted by Gasteiger charge is 2.50. The Kier molecular flexibility index (Phi) is 4.32. The average Bonchev–Trinajstić information content (AvgIpc) is 2.82. The van der Waals surface area contributed by atoms with Crippen molar-refractivity contribution in [3.8, 4) is 0 Å². The zero-order valence-electron chi connectivity index (χ0n) is 13.9. The lowest BCUT2D eigenvalue weighted by Gasteiger charge is -2.40. The maximum atomic E-state index is 12.9. The van der Waals surface area contributed by atoms with E-state index in [1.54, 1.807) is 11.6 Å². The van der Waals surface area contributed by atoms with Gasteiger partial charge >= 0.3 is 0 Å². The van der Waals surface area contributed by atoms with E-state index in [0.29, 0.717) is 29.2 Å². The minimum atomic E-state index is -0.458. The third-order valence-electron chi connectivity index (χ3n) is 5.60. The predicted molar refractivity (Wildman–Crippen MR) is 86.5 cm³/mol. The van der Waals surface area contributed by atoms with Crippen LogP contribution in [-0.4, -0.2) is 35.0 Å². The Morgan fingerprint density at radius 1 is 1.43 bits per heavy atom. The van der Waals surface area contributed by atoms with Gasteiger partial charge in [0, 0.05) is 18.7 Å². The summed E-state index contributed by atoms with van der Waals surface area (Å²) >= 11 is 0. The molecule has 1 saturated carbocycles. The molecule has 0 aromatic rings. The van der Waals surface area contributed by atoms with E-state index >= 15 is 0 Å². The molecule has 3 aliphatic rings. The smallest absolute Gasteiger partial charge is 0.274 e. The van der Waals surface area contributed by atoms with Gasteiger partial charge in [0.15, 0.2) is 0 Å². The van der Waals surface area contributed by atoms with E-state index < -0.39 is 5.91 Å². The zero-order chi connectivity index (χ0) is 16.6. The van der Waals surface area contributed by atoms with Gasteiger partial charge in [-0.25, -0.2) is 5.48 Å². The molecule has 2 fully saturated rings. The van der Waals surface area contributed by atoms with Crippen molar-refractivity contribution in [2.45, 2.75) is 39.5 Å². The Bertz CT molecular complexity index is 567. The van der Waals surface area contributed by atoms with E-state index in [1.165, 1.54) is 0 Å². The fourth-order valence-electron chi connectivity index (χ4n) is 4.44. The number of fused-ring (bicyclic) bond motifs is 1. The zero-order valence-corrected chi connectivity index (χ0v) is 13.9. The first-order valence-electron chi connectivity index (χ1n) is 8.59. The molecule has 23 heavy (non-hydrogen) atoms. The summed E-state index contributed by atoms with van der Waals surface area (Å²) in [4.78, 5) is 26.5. The van der Waals surface area contributed by atoms with E-state index in [1.807, 2.05) is 11.0 Å². The normalized spacial score (nSPS) is 33.1. The van der Waals surface area contributed by atoms with Crippen LogP contribution in [0.15, 0.2) is 23.8 Å². The lowest BCUT2D eigenvalue weighted by Crippen LogP contribution is -2.41. The minimum Gasteiger partial charge on any atom is -0.342 e. The van der Waals surface area contributed by atoms with Crippen LogP contribution in [0.4, 0.5) is 0 Å². The Morgan fingerprint density at radius 3 is 2.91 bits per heavy atom. The molecular formula is C18H26N2O3. The molecule has 1 saturated heterocycles. The fourth-order valence-corrected chi connectivity index (χ4v) is 4.44. The Hall–Kier alpha value is -1.62. The summed E-state index contributed by atoms with van der Waals surface area (Å²) in [5.41, 5.74) is 2.02. The van der Waals surface area contributed by atoms with Gasteiger partial charge in [0.05, 0.1) is 5.41 Å². The van der Waals surface area contributed by atoms with E-state index in [2.05, 4.69) is 19.9 Å². The number of carbonyl (C=O) groups is 2. The maximum absolute atomic E-state index is 12.9. The number of nitrogens with one attached hydrogen (secondary N) is 1. The fraction of sp³-hybridized carbons (Fsp3) is 0.667. The highest BCUT2D eigenvalue weighted by Crippen LogP contribution is 2.50. The van der Waals surface area contributed by atoms with Gasteiger partial charge in [-0.2, -0.15) is 0 Å². The summed E-state index contributed by atoms with van der Waals surface area (Å²) in [5, 5.41) is 8.76. The largest absolute Gasteiger partial charge is 0.342 e. The van der Waals surface area contributed by atoms with Gasteiger partial charge in [-0.05, 0) is 43.4 Å². The van der Waals surface area contributed by atoms with Gasteiger partial charge in [0.2, 0.25) is 5.91 Å². The lowest BCUT2D eigenvalue weighted by molar-refractivity contribution is -0.139. The first-order chi connectivity index (χ1) is 10.9. The highest BCUT2D eigenvalue weighted by atomic mass is 16.5. The number of carbonyl (C=O) groups excluding carboxylic acids is 2. The van der Waals surface area contributed by atoms with Crippen molar-refractivity contribution in [3.05, 3.63) is 23.8 Å². The molecule has 5 heteroatoms. The molecule has 0 aromatic heterocycles. The second-order valence-electron chi connectivity index (χ2n) is 7.67. The molecule has 1 heterocycles. The molecule has 0 bridgehead atoms. The van der Waals surface area contributed by atoms with E-state index in [0.717, 1.165) is 38.8 Å². The molecule has 0 radical (unpaired) electrons. The van der Waals surface area contributed by atoms with Crippen LogP contribution in [0, 0.1) is 23.2 Å². The van der Waals surface area contributed by atoms with E-state index in [4.69, 9.17) is 5.21 Å². The van der Waals surface area contributed by atoms with Crippen LogP contribution in [-0.2, 0) is 9.59 Å². The van der Waals surface area contributed by atoms with Crippen LogP contribution in [0.2, 0.25) is 0 Å². The lowest BCUT2D eigenvalue weighted by atomic mass is 9.63. The van der Waals surface area contributed by atoms with E-state index in [-0.39, 0.29) is 5.41 Å². The van der Waals surface area contributed by atoms with Gasteiger partial charge in [-0.3, -0.25) is 14.8 Å². The number of hydrogen-bond donors (Lipinski definition) is 2. The summed E-state index contributed by atoms with van der Waals surface area (Å²) in [5.74, 6) is 0.996. The van der Waals surface area contributed by atoms with Crippen molar-refractivity contribution in [2.24, 2.45) is 23.2 Å². The molecule has 0 aromatic carbocycles. The van der Waals surface area contributed by atoms with Crippen LogP contribution in [0.1, 0.15) is 39.5 Å². The third-order valence-corrected chi connectivity index (χ3v) is 5.60. The first kappa shape index (κ1) is 16.2. The van der Waals surface area contributed by atoms with Crippen LogP contribution < -0.4 is 5.48 Å². The maximum Gasteiger partial charge on any atom is 0.274 e. The number of allylic oxidation sites excluding steroid dienone is 2. The Morgan fingerprint density at radius 2 is 2.22 bits per heavy atom. The third kappa shape index (κ3) is 2.94. The predicted octanol–water partition coefficient (Wildman–Crippen LogP) is 2.28. The summed E-state index contributed by atoms with van der Waals surface area (Å²) < 4.78 is 0. The highest BCUT2D eigenvalue weighted by molar-refractivity contribution is 5.95. The molecule has 3 rings (SSSR count). The van der Waals surface area contributed by atoms with Crippen LogP contribution in [0.25, 0.3) is 0 Å². The standard InChI is InChI=1S/C18H26N2O3/c1-12(2)11-20-8-7-18(17(20)22)6-5-13-9-14(16(21)19-23)3-4-15(13)10-18/h3-4,9,12-13,15,23H,5-8,10-11H2,1-2H3,(H,19,21)/t13?,15?,18-/m0/s1. The number of rotatable bonds is 3. The van der Waals surface area contributed by atoms with Crippen molar-refractivity contribution < 1.29 is 14.8 Å². The number of hydroxylamine groups is 1. The summed E-state index contributed by atoms with van der Waals surface area (Å²) in [6.07, 6.45) is 9.45. The molecule has 126 valence electrons. The average molecular weight is 318 g/mol. The van der Waals surface area contributed by atoms with Crippen LogP contribution >= 0.6 is 0 Å². The number of nitrogens with zero attached hydrogens (tertiary/aromatic N) is 1. The topological polar surface area (TPSA) is 69.6 Å². The molecule has 2 aliphatic carbocycles. The first-order valence-corrected chi connectivity index (χ1v) is 8.59. The summed E-state index contributed by atoms with van der Waals surface area (Å²) in [7, 11) is 0. The second-order valence-corrected chi connectivity index (χ2v) is 7.67. The van der Waals surface area contributed by atoms with Crippen molar-refractivity contribution in [1.82, 2.24) is 10.4 Å². The molecule has 2 N–H and O–H groups in total. The van der Waals surface area contributed by atoms with Gasteiger partial charge in [0.1, 0.15) is 0 Å². The van der Waals surface area contributed by atoms with Gasteiger partial charge < -0.3 is 4.90 Å². The van der Waals surface area contributed by atoms with Gasteiger partial charge in [0.25, 0.3) is 5.91 Å². The minimum absolute atomic E-state index is 0.190. The number of hydrogen-bond acceptors (Lipinski definition) is 3. The monoisotopic (exact) mass is 318 g/mol. The summed E-state index contributed by atoms with van der Waals surface area (Å²) in [6, 6.07) is 0. The number of amides is 2. The van der Waals surface area contributed by atoms with Gasteiger partial charge in [-0.15, -0.1) is 0 Å². The van der Waals surface area contributed by atoms with Crippen molar-refractivity contribution >= 4 is 11.8 Å². The Balaban J connectivity index is 1.71. The van der Waals surface area contributed by atoms with Crippen LogP contribution in [0.5, 0.6) is 0 Å². The molecular weight excluding hydrogens is 292 g/mol. The molecule has 1 aliphatic heterocycles. The van der Waals surface area contributed by atoms with Crippen LogP contribution in [0.3, 0.4) is 0 Å². The molecule has 3 atom stereocenters. The van der Waals surface area contributed by atoms with E-state index in [9.17, 15) is 9.59 Å². The summed E-state index contributed by atoms with van der Waals surface area (Å²) in [6.45, 7) is 6.03. The molecule has 1 spiro atoms. The van der Waals surface area contributed by atoms with Crippen molar-refractivity contribution in [2.75, 3.05) is 13.1 Å². The SMILES string of the molecule is CC(C)CN1CC[C@]2(CCC3C=C(C(=O)NO)C=CC3C2)C1=O. The second kappa shape index (κ2) is 6.11. The molecule has 2 amide bonds. The molecule has 2 unspecified atom stereocenters. The van der Waals surface area contributed by atoms with Crippen molar-refractivity contribution in [1.29, 1.82) is 0 Å². The Labute approximate surface area is 137 Å².